The summed E-state index contributed by atoms with van der Waals surface area (Å²) in [6.07, 6.45) is -3.90. The lowest BCUT2D eigenvalue weighted by atomic mass is 10.1. The molecule has 1 amide bonds. The Morgan fingerprint density at radius 3 is 2.61 bits per heavy atom. The first-order chi connectivity index (χ1) is 13.4. The van der Waals surface area contributed by atoms with Crippen molar-refractivity contribution in [2.45, 2.75) is 22.7 Å². The number of carbonyl (C=O) groups excluding carboxylic acids is 1. The Balaban J connectivity index is 1.59. The Labute approximate surface area is 165 Å². The Hall–Kier alpha value is -2.19. The Kier molecular flexibility index (Phi) is 5.25. The van der Waals surface area contributed by atoms with Crippen LogP contribution in [0.3, 0.4) is 0 Å². The first-order valence-corrected chi connectivity index (χ1v) is 9.89. The summed E-state index contributed by atoms with van der Waals surface area (Å²) in [5.74, 6) is -0.282. The molecule has 1 atom stereocenters. The van der Waals surface area contributed by atoms with Gasteiger partial charge in [-0.15, -0.1) is 11.8 Å². The van der Waals surface area contributed by atoms with E-state index in [1.807, 2.05) is 29.2 Å². The van der Waals surface area contributed by atoms with Gasteiger partial charge in [0.05, 0.1) is 35.4 Å². The van der Waals surface area contributed by atoms with E-state index in [1.54, 1.807) is 0 Å². The number of hydrogen-bond donors (Lipinski definition) is 1. The third-order valence-electron chi connectivity index (χ3n) is 4.87. The highest BCUT2D eigenvalue weighted by atomic mass is 32.2. The highest BCUT2D eigenvalue weighted by Gasteiger charge is 2.33. The maximum absolute atomic E-state index is 13.2. The highest BCUT2D eigenvalue weighted by molar-refractivity contribution is 8.01. The van der Waals surface area contributed by atoms with Gasteiger partial charge in [-0.25, -0.2) is 0 Å². The molecule has 0 spiro atoms. The number of nitrogens with one attached hydrogen (secondary N) is 1. The second kappa shape index (κ2) is 7.67. The van der Waals surface area contributed by atoms with E-state index in [1.165, 1.54) is 17.8 Å². The van der Waals surface area contributed by atoms with Crippen LogP contribution in [0.1, 0.15) is 11.1 Å². The highest BCUT2D eigenvalue weighted by Crippen LogP contribution is 2.39. The number of amides is 1. The zero-order valence-corrected chi connectivity index (χ0v) is 15.8. The fraction of sp³-hybridized carbons (Fsp3) is 0.350. The Bertz CT molecular complexity index is 857. The van der Waals surface area contributed by atoms with Crippen LogP contribution in [0.15, 0.2) is 47.4 Å². The standard InChI is InChI=1S/C20H19F3N2O2S/c21-20(22,23)14-5-6-16(25-7-9-27-10-8-25)15(12-14)24-19(26)18-11-13-3-1-2-4-17(13)28-18/h1-6,12,18H,7-11H2,(H,24,26)/t18-/m0/s1. The molecule has 148 valence electrons. The number of thioether (sulfide) groups is 1. The van der Waals surface area contributed by atoms with Crippen LogP contribution in [0.5, 0.6) is 0 Å². The molecule has 4 rings (SSSR count). The molecular weight excluding hydrogens is 389 g/mol. The normalized spacial score (nSPS) is 19.4. The fourth-order valence-corrected chi connectivity index (χ4v) is 4.63. The quantitative estimate of drug-likeness (QED) is 0.827. The van der Waals surface area contributed by atoms with Gasteiger partial charge in [0.25, 0.3) is 0 Å². The van der Waals surface area contributed by atoms with Crippen molar-refractivity contribution in [1.29, 1.82) is 0 Å². The summed E-state index contributed by atoms with van der Waals surface area (Å²) in [5.41, 5.74) is 1.09. The number of morpholine rings is 1. The van der Waals surface area contributed by atoms with E-state index in [4.69, 9.17) is 4.74 Å². The smallest absolute Gasteiger partial charge is 0.378 e. The van der Waals surface area contributed by atoms with E-state index in [-0.39, 0.29) is 16.8 Å². The monoisotopic (exact) mass is 408 g/mol. The van der Waals surface area contributed by atoms with Gasteiger partial charge in [0.15, 0.2) is 0 Å². The number of nitrogens with zero attached hydrogens (tertiary/aromatic N) is 1. The first-order valence-electron chi connectivity index (χ1n) is 9.01. The van der Waals surface area contributed by atoms with Gasteiger partial charge in [-0.3, -0.25) is 4.79 Å². The Morgan fingerprint density at radius 2 is 1.89 bits per heavy atom. The van der Waals surface area contributed by atoms with Gasteiger partial charge in [0.1, 0.15) is 0 Å². The van der Waals surface area contributed by atoms with Gasteiger partial charge >= 0.3 is 6.18 Å². The molecule has 0 radical (unpaired) electrons. The minimum Gasteiger partial charge on any atom is -0.378 e. The van der Waals surface area contributed by atoms with E-state index < -0.39 is 11.7 Å². The number of carbonyl (C=O) groups is 1. The lowest BCUT2D eigenvalue weighted by molar-refractivity contribution is -0.137. The van der Waals surface area contributed by atoms with Crippen molar-refractivity contribution in [3.8, 4) is 0 Å². The summed E-state index contributed by atoms with van der Waals surface area (Å²) in [5, 5.41) is 2.40. The molecule has 28 heavy (non-hydrogen) atoms. The molecule has 1 saturated heterocycles. The number of anilines is 2. The van der Waals surface area contributed by atoms with Crippen LogP contribution in [-0.2, 0) is 22.1 Å². The van der Waals surface area contributed by atoms with E-state index in [0.29, 0.717) is 38.4 Å². The number of benzene rings is 2. The molecule has 0 saturated carbocycles. The number of rotatable bonds is 3. The van der Waals surface area contributed by atoms with Crippen LogP contribution in [0.2, 0.25) is 0 Å². The van der Waals surface area contributed by atoms with Gasteiger partial charge in [-0.05, 0) is 36.2 Å². The third-order valence-corrected chi connectivity index (χ3v) is 6.19. The number of halogens is 3. The predicted molar refractivity (Wildman–Crippen MR) is 103 cm³/mol. The lowest BCUT2D eigenvalue weighted by Crippen LogP contribution is -2.37. The molecule has 2 aromatic carbocycles. The van der Waals surface area contributed by atoms with Crippen LogP contribution in [0, 0.1) is 0 Å². The van der Waals surface area contributed by atoms with Crippen LogP contribution in [-0.4, -0.2) is 37.5 Å². The summed E-state index contributed by atoms with van der Waals surface area (Å²) >= 11 is 1.45. The van der Waals surface area contributed by atoms with Crippen molar-refractivity contribution >= 4 is 29.0 Å². The zero-order chi connectivity index (χ0) is 19.7. The van der Waals surface area contributed by atoms with Gasteiger partial charge < -0.3 is 15.0 Å². The summed E-state index contributed by atoms with van der Waals surface area (Å²) in [4.78, 5) is 15.8. The number of ether oxygens (including phenoxy) is 1. The van der Waals surface area contributed by atoms with Crippen molar-refractivity contribution in [2.24, 2.45) is 0 Å². The van der Waals surface area contributed by atoms with Crippen molar-refractivity contribution in [3.05, 3.63) is 53.6 Å². The molecule has 0 aromatic heterocycles. The van der Waals surface area contributed by atoms with Gasteiger partial charge in [0, 0.05) is 18.0 Å². The molecule has 2 heterocycles. The average molecular weight is 408 g/mol. The van der Waals surface area contributed by atoms with Crippen molar-refractivity contribution in [3.63, 3.8) is 0 Å². The first kappa shape index (κ1) is 19.1. The maximum Gasteiger partial charge on any atom is 0.416 e. The summed E-state index contributed by atoms with van der Waals surface area (Å²) in [6, 6.07) is 11.3. The molecule has 0 aliphatic carbocycles. The minimum atomic E-state index is -4.47. The molecule has 1 fully saturated rings. The molecule has 0 bridgehead atoms. The molecule has 0 unspecified atom stereocenters. The van der Waals surface area contributed by atoms with Crippen LogP contribution >= 0.6 is 11.8 Å². The van der Waals surface area contributed by atoms with Crippen molar-refractivity contribution < 1.29 is 22.7 Å². The molecule has 8 heteroatoms. The van der Waals surface area contributed by atoms with E-state index >= 15 is 0 Å². The fourth-order valence-electron chi connectivity index (χ4n) is 3.43. The number of fused-ring (bicyclic) bond motifs is 1. The Morgan fingerprint density at radius 1 is 1.14 bits per heavy atom. The largest absolute Gasteiger partial charge is 0.416 e. The van der Waals surface area contributed by atoms with Crippen molar-refractivity contribution in [2.75, 3.05) is 36.5 Å². The maximum atomic E-state index is 13.2. The summed E-state index contributed by atoms with van der Waals surface area (Å²) in [7, 11) is 0. The molecule has 2 aliphatic rings. The SMILES string of the molecule is O=C(Nc1cc(C(F)(F)F)ccc1N1CCOCC1)[C@@H]1Cc2ccccc2S1. The second-order valence-electron chi connectivity index (χ2n) is 6.74. The van der Waals surface area contributed by atoms with Gasteiger partial charge in [-0.1, -0.05) is 18.2 Å². The summed E-state index contributed by atoms with van der Waals surface area (Å²) in [6.45, 7) is 2.14. The third kappa shape index (κ3) is 3.98. The second-order valence-corrected chi connectivity index (χ2v) is 7.98. The molecule has 4 nitrogen and oxygen atoms in total. The van der Waals surface area contributed by atoms with Crippen LogP contribution < -0.4 is 10.2 Å². The molecule has 1 N–H and O–H groups in total. The van der Waals surface area contributed by atoms with Crippen molar-refractivity contribution in [1.82, 2.24) is 0 Å². The summed E-state index contributed by atoms with van der Waals surface area (Å²) < 4.78 is 45.0. The predicted octanol–water partition coefficient (Wildman–Crippen LogP) is 4.20. The van der Waals surface area contributed by atoms with Gasteiger partial charge in [-0.2, -0.15) is 13.2 Å². The molecule has 2 aromatic rings. The molecular formula is C20H19F3N2O2S. The minimum absolute atomic E-state index is 0.193. The van der Waals surface area contributed by atoms with Crippen LogP contribution in [0.25, 0.3) is 0 Å². The topological polar surface area (TPSA) is 41.6 Å². The number of hydrogen-bond acceptors (Lipinski definition) is 4. The van der Waals surface area contributed by atoms with Crippen LogP contribution in [0.4, 0.5) is 24.5 Å². The van der Waals surface area contributed by atoms with Gasteiger partial charge in [0.2, 0.25) is 5.91 Å². The zero-order valence-electron chi connectivity index (χ0n) is 15.0. The lowest BCUT2D eigenvalue weighted by Gasteiger charge is -2.31. The average Bonchev–Trinajstić information content (AvgIpc) is 3.12. The number of alkyl halides is 3. The van der Waals surface area contributed by atoms with E-state index in [9.17, 15) is 18.0 Å². The van der Waals surface area contributed by atoms with E-state index in [2.05, 4.69) is 5.32 Å². The molecule has 2 aliphatic heterocycles. The van der Waals surface area contributed by atoms with E-state index in [0.717, 1.165) is 22.6 Å².